The number of anilines is 3. The summed E-state index contributed by atoms with van der Waals surface area (Å²) in [6.07, 6.45) is 4.05. The van der Waals surface area contributed by atoms with Crippen LogP contribution >= 0.6 is 47.8 Å². The molecule has 14 rings (SSSR count). The second-order valence-electron chi connectivity index (χ2n) is 34.1. The Morgan fingerprint density at radius 3 is 1.07 bits per heavy atom. The van der Waals surface area contributed by atoms with Crippen molar-refractivity contribution in [1.29, 1.82) is 0 Å². The van der Waals surface area contributed by atoms with Gasteiger partial charge >= 0.3 is 43.9 Å². The lowest BCUT2D eigenvalue weighted by molar-refractivity contribution is -0.143. The van der Waals surface area contributed by atoms with Gasteiger partial charge in [-0.2, -0.15) is 0 Å². The summed E-state index contributed by atoms with van der Waals surface area (Å²) in [4.78, 5) is 69.9. The van der Waals surface area contributed by atoms with Crippen molar-refractivity contribution in [3.8, 4) is 11.5 Å². The molecule has 2 fully saturated rings. The quantitative estimate of drug-likeness (QED) is 0.0143. The maximum atomic E-state index is 15.0. The van der Waals surface area contributed by atoms with Crippen LogP contribution in [0.2, 0.25) is 0 Å². The highest BCUT2D eigenvalue weighted by Crippen LogP contribution is 2.44. The summed E-state index contributed by atoms with van der Waals surface area (Å²) in [5.74, 6) is -10.6. The molecule has 6 atom stereocenters. The van der Waals surface area contributed by atoms with E-state index in [9.17, 15) is 59.5 Å². The van der Waals surface area contributed by atoms with E-state index in [4.69, 9.17) is 49.4 Å². The predicted molar refractivity (Wildman–Crippen MR) is 521 cm³/mol. The third-order valence-electron chi connectivity index (χ3n) is 23.2. The Morgan fingerprint density at radius 2 is 0.750 bits per heavy atom. The van der Waals surface area contributed by atoms with E-state index in [1.165, 1.54) is 33.0 Å². The number of amides is 1. The fraction of sp³-hybridized carbons (Fsp3) is 0.347. The monoisotopic (exact) mass is 2070 g/mol. The number of hydrogen-bond donors (Lipinski definition) is 7. The summed E-state index contributed by atoms with van der Waals surface area (Å²) in [6, 6.07) is 52.9. The molecule has 9 N–H and O–H groups in total. The molecular formula is C101H114B2Br3F7N6O17. The lowest BCUT2D eigenvalue weighted by atomic mass is 9.49. The van der Waals surface area contributed by atoms with Crippen LogP contribution in [0.1, 0.15) is 212 Å². The first-order chi connectivity index (χ1) is 64.2. The summed E-state index contributed by atoms with van der Waals surface area (Å²) in [5, 5.41) is 20.1. The third kappa shape index (κ3) is 29.9. The van der Waals surface area contributed by atoms with Crippen LogP contribution in [-0.2, 0) is 72.8 Å². The molecule has 0 radical (unpaired) electrons. The number of nitrogens with two attached hydrogens (primary N) is 2. The second-order valence-corrected chi connectivity index (χ2v) is 36.7. The highest BCUT2D eigenvalue weighted by Gasteiger charge is 2.64. The van der Waals surface area contributed by atoms with E-state index in [0.717, 1.165) is 129 Å². The van der Waals surface area contributed by atoms with Crippen molar-refractivity contribution >= 4 is 115 Å². The van der Waals surface area contributed by atoms with Gasteiger partial charge in [0.05, 0.1) is 78.6 Å². The molecule has 4 aliphatic rings. The number of benzene rings is 10. The maximum absolute atomic E-state index is 15.0. The van der Waals surface area contributed by atoms with Gasteiger partial charge in [0.25, 0.3) is 5.91 Å². The Balaban J connectivity index is 0.000000203. The third-order valence-corrected chi connectivity index (χ3v) is 24.9. The summed E-state index contributed by atoms with van der Waals surface area (Å²) < 4.78 is 154. The van der Waals surface area contributed by atoms with E-state index in [0.29, 0.717) is 28.8 Å². The van der Waals surface area contributed by atoms with Crippen LogP contribution in [0.15, 0.2) is 208 Å². The first-order valence-corrected chi connectivity index (χ1v) is 45.9. The number of hydrogen-bond acceptors (Lipinski definition) is 21. The number of methoxy groups -OCH3 is 4. The predicted octanol–water partition coefficient (Wildman–Crippen LogP) is 22.0. The Kier molecular flexibility index (Phi) is 40.7. The molecule has 2 saturated heterocycles. The molecule has 23 nitrogen and oxygen atoms in total. The van der Waals surface area contributed by atoms with Crippen LogP contribution in [0.4, 0.5) is 47.8 Å². The molecule has 136 heavy (non-hydrogen) atoms. The van der Waals surface area contributed by atoms with E-state index >= 15 is 0 Å². The van der Waals surface area contributed by atoms with E-state index in [1.807, 2.05) is 223 Å². The van der Waals surface area contributed by atoms with Gasteiger partial charge in [0.2, 0.25) is 0 Å². The second kappa shape index (κ2) is 50.3. The maximum Gasteiger partial charge on any atom is 0.488 e. The molecule has 0 spiro atoms. The van der Waals surface area contributed by atoms with Crippen molar-refractivity contribution in [1.82, 2.24) is 5.32 Å². The van der Waals surface area contributed by atoms with E-state index < -0.39 is 113 Å². The summed E-state index contributed by atoms with van der Waals surface area (Å²) in [5.41, 5.74) is 16.7. The van der Waals surface area contributed by atoms with Gasteiger partial charge in [-0.15, -0.1) is 0 Å². The standard InChI is InChI=1S/C28H27BrF2N2O4.C16H15F2NO2.C15H13F2NO2.C13H16BrNO3.C12H24B2O4.C9H8BrFO2.C8H11N/c1-16(17-7-4-3-5-8-17)32-19-14-22(30)25(23(31)15-19)27(34)33-24(28(35)36-2)13-18-10-11-21(29)26-20(18)9-6-12-37-26;1-10(11-6-4-3-5-7-11)19-12-8-13(17)15(14(18)9-12)16(20)21-2;1-9(10-5-3-2-4-6-10)18-11-7-12(16)14(15(19)20)13(17)8-11;1-17-13(16)11(15)7-8-4-5-10(14)12-9(8)3-2-6-18-12;1-9(2)10(3,4)16-13(15-9)14-17-11(5,6)12(7,8)18-14;1-5-3-6(10)4-7(11)8(5)9(12)13-2;1-7(9)8-5-3-2-4-6-8/h3-5,7-8,10-11,14-16,24,32H,6,9,12-13H2,1-2H3,(H,33,34);3-10,19H,1-2H3;2-9,18H,1H3,(H,19,20);4-5,11H,2-3,6-7,15H2,1H3;1-8H3;3-4H,1-2H3;2-7H,9H2,1H3/t16-,24-;10-;9-;11-;;;7-/m0000..0/s1. The van der Waals surface area contributed by atoms with Crippen LogP contribution in [0, 0.1) is 47.6 Å². The minimum absolute atomic E-state index is 0.00861. The number of nitrogens with one attached hydrogen (secondary N) is 4. The van der Waals surface area contributed by atoms with E-state index in [-0.39, 0.29) is 81.6 Å². The van der Waals surface area contributed by atoms with Crippen molar-refractivity contribution in [2.45, 2.75) is 187 Å². The first-order valence-electron chi connectivity index (χ1n) is 43.5. The molecule has 0 aliphatic carbocycles. The van der Waals surface area contributed by atoms with Gasteiger partial charge in [0.15, 0.2) is 0 Å². The lowest BCUT2D eigenvalue weighted by Gasteiger charge is -2.32. The topological polar surface area (TPSA) is 315 Å². The first kappa shape index (κ1) is 110. The number of rotatable bonds is 22. The van der Waals surface area contributed by atoms with Gasteiger partial charge in [0.1, 0.15) is 81.0 Å². The zero-order valence-electron chi connectivity index (χ0n) is 78.7. The summed E-state index contributed by atoms with van der Waals surface area (Å²) in [6.45, 7) is 26.7. The molecule has 4 aliphatic heterocycles. The summed E-state index contributed by atoms with van der Waals surface area (Å²) in [7, 11) is 3.89. The molecular weight excluding hydrogens is 1960 g/mol. The van der Waals surface area contributed by atoms with Crippen LogP contribution < -0.4 is 42.2 Å². The molecule has 10 aromatic carbocycles. The zero-order valence-corrected chi connectivity index (χ0v) is 83.4. The molecule has 0 bridgehead atoms. The summed E-state index contributed by atoms with van der Waals surface area (Å²) >= 11 is 10.1. The van der Waals surface area contributed by atoms with Crippen LogP contribution in [0.5, 0.6) is 11.5 Å². The zero-order chi connectivity index (χ0) is 100. The Hall–Kier alpha value is -11.1. The molecule has 4 heterocycles. The fourth-order valence-corrected chi connectivity index (χ4v) is 15.9. The highest BCUT2D eigenvalue weighted by atomic mass is 79.9. The SMILES string of the molecule is CC1(C)OB(B2OC(C)(C)C(C)(C)O2)OC1(C)C.COC(=O)[C@@H](N)Cc1ccc(Br)c2c1CCCO2.COC(=O)[C@H](Cc1ccc(Br)c2c1CCCO2)NC(=O)c1c(F)cc(N[C@@H](C)c2ccccc2)cc1F.COC(=O)c1c(C)cc(Br)cc1F.COC(=O)c1c(F)cc(N[C@@H](C)c2ccccc2)cc1F.C[C@H](N)c1ccccc1.C[C@H](Nc1cc(F)c(C(=O)O)c(F)c1)c1ccccc1. The number of fused-ring (bicyclic) bond motifs is 2. The fourth-order valence-electron chi connectivity index (χ4n) is 14.4. The van der Waals surface area contributed by atoms with Gasteiger partial charge in [-0.05, 0) is 265 Å². The molecule has 10 aromatic rings. The Bertz CT molecular complexity index is 5610. The Labute approximate surface area is 814 Å². The lowest BCUT2D eigenvalue weighted by Crippen LogP contribution is -2.43. The number of aromatic carboxylic acids is 1. The van der Waals surface area contributed by atoms with Gasteiger partial charge in [0, 0.05) is 52.1 Å². The molecule has 0 aromatic heterocycles. The number of carboxylic acid groups (broad SMARTS) is 1. The molecule has 0 unspecified atom stereocenters. The average Bonchev–Trinajstić information content (AvgIpc) is 1.59. The minimum Gasteiger partial charge on any atom is -0.492 e. The van der Waals surface area contributed by atoms with Gasteiger partial charge in [-0.25, -0.2) is 49.9 Å². The van der Waals surface area contributed by atoms with Gasteiger partial charge in [-0.3, -0.25) is 9.59 Å². The van der Waals surface area contributed by atoms with E-state index in [1.54, 1.807) is 19.1 Å². The van der Waals surface area contributed by atoms with Crippen molar-refractivity contribution < 1.29 is 112 Å². The molecule has 1 amide bonds. The average molecular weight is 2080 g/mol. The number of halogens is 10. The molecule has 726 valence electrons. The highest BCUT2D eigenvalue weighted by molar-refractivity contribution is 9.11. The van der Waals surface area contributed by atoms with Gasteiger partial charge < -0.3 is 84.9 Å². The smallest absolute Gasteiger partial charge is 0.488 e. The number of carboxylic acids is 1. The minimum atomic E-state index is -1.62. The molecule has 0 saturated carbocycles. The van der Waals surface area contributed by atoms with Crippen LogP contribution in [-0.4, -0.2) is 131 Å². The van der Waals surface area contributed by atoms with Crippen LogP contribution in [0.3, 0.4) is 0 Å². The van der Waals surface area contributed by atoms with E-state index in [2.05, 4.69) is 83.3 Å². The van der Waals surface area contributed by atoms with Crippen molar-refractivity contribution in [3.05, 3.63) is 321 Å². The molecule has 35 heteroatoms. The van der Waals surface area contributed by atoms with Crippen molar-refractivity contribution in [2.24, 2.45) is 11.5 Å². The Morgan fingerprint density at radius 1 is 0.426 bits per heavy atom. The van der Waals surface area contributed by atoms with Crippen molar-refractivity contribution in [2.75, 3.05) is 57.6 Å². The van der Waals surface area contributed by atoms with Crippen LogP contribution in [0.25, 0.3) is 0 Å². The van der Waals surface area contributed by atoms with Gasteiger partial charge in [-0.1, -0.05) is 149 Å². The number of carbonyl (C=O) groups is 6. The normalized spacial score (nSPS) is 15.5. The number of esters is 4. The van der Waals surface area contributed by atoms with Crippen molar-refractivity contribution in [3.63, 3.8) is 0 Å². The largest absolute Gasteiger partial charge is 0.492 e. The number of ether oxygens (including phenoxy) is 6. The number of carbonyl (C=O) groups excluding carboxylic acids is 5. The number of aryl methyl sites for hydroxylation is 1.